The molecule has 2 unspecified atom stereocenters. The summed E-state index contributed by atoms with van der Waals surface area (Å²) in [6, 6.07) is 26.5. The molecule has 2 N–H and O–H groups in total. The topological polar surface area (TPSA) is 80.6 Å². The smallest absolute Gasteiger partial charge is 0.328 e. The van der Waals surface area contributed by atoms with Crippen LogP contribution in [0.3, 0.4) is 0 Å². The summed E-state index contributed by atoms with van der Waals surface area (Å²) in [5, 5.41) is 16.3. The molecule has 0 amide bonds. The van der Waals surface area contributed by atoms with Crippen LogP contribution >= 0.6 is 0 Å². The Labute approximate surface area is 243 Å². The van der Waals surface area contributed by atoms with E-state index < -0.39 is 18.1 Å². The monoisotopic (exact) mass is 564 g/mol. The number of esters is 1. The fraction of sp³-hybridized carbons (Fsp3) is 0.257. The van der Waals surface area contributed by atoms with Crippen molar-refractivity contribution in [2.24, 2.45) is 0 Å². The van der Waals surface area contributed by atoms with Crippen LogP contribution in [0.5, 0.6) is 0 Å². The van der Waals surface area contributed by atoms with Gasteiger partial charge in [0, 0.05) is 22.6 Å². The number of benzene rings is 4. The minimum absolute atomic E-state index is 0.113. The zero-order valence-corrected chi connectivity index (χ0v) is 23.4. The number of carboxylic acids is 1. The molecule has 0 radical (unpaired) electrons. The maximum absolute atomic E-state index is 14.5. The van der Waals surface area contributed by atoms with E-state index in [1.807, 2.05) is 84.3 Å². The Morgan fingerprint density at radius 3 is 2.55 bits per heavy atom. The van der Waals surface area contributed by atoms with Crippen LogP contribution in [0.1, 0.15) is 54.2 Å². The van der Waals surface area contributed by atoms with Crippen molar-refractivity contribution < 1.29 is 23.8 Å². The van der Waals surface area contributed by atoms with Crippen LogP contribution in [0, 0.1) is 5.82 Å². The standard InChI is InChI=1S/C35H33FN2O4/c1-2-30(34(39)40)38-31-17-15-24(36)19-28(31)29-20-25(16-18-32(29)38)37-33(35(41)42-21-22-9-4-3-5-10-22)27-14-8-12-23-11-6-7-13-26(23)27/h3-15,17,19,25,30,33,37H,2,16,18,20-21H2,1H3,(H,39,40)/t25-,30?,33?/m0/s1. The summed E-state index contributed by atoms with van der Waals surface area (Å²) < 4.78 is 22.2. The molecule has 0 fully saturated rings. The van der Waals surface area contributed by atoms with Crippen LogP contribution in [-0.2, 0) is 33.8 Å². The number of hydrogen-bond acceptors (Lipinski definition) is 4. The molecule has 1 aliphatic rings. The predicted molar refractivity (Wildman–Crippen MR) is 161 cm³/mol. The SMILES string of the molecule is CCC(C(=O)O)n1c2c(c3cc(F)ccc31)C[C@@H](NC(C(=O)OCc1ccccc1)c1cccc3ccccc13)CC2. The third-order valence-electron chi connectivity index (χ3n) is 8.34. The van der Waals surface area contributed by atoms with E-state index in [0.29, 0.717) is 25.7 Å². The maximum atomic E-state index is 14.5. The van der Waals surface area contributed by atoms with Gasteiger partial charge >= 0.3 is 11.9 Å². The van der Waals surface area contributed by atoms with Gasteiger partial charge in [-0.15, -0.1) is 0 Å². The van der Waals surface area contributed by atoms with Gasteiger partial charge in [0.05, 0.1) is 0 Å². The fourth-order valence-corrected chi connectivity index (χ4v) is 6.37. The lowest BCUT2D eigenvalue weighted by Crippen LogP contribution is -2.41. The molecule has 1 aromatic heterocycles. The molecule has 0 saturated carbocycles. The lowest BCUT2D eigenvalue weighted by Gasteiger charge is -2.30. The van der Waals surface area contributed by atoms with Crippen molar-refractivity contribution in [1.29, 1.82) is 0 Å². The molecule has 1 aliphatic carbocycles. The van der Waals surface area contributed by atoms with Crippen LogP contribution in [0.4, 0.5) is 4.39 Å². The lowest BCUT2D eigenvalue weighted by atomic mass is 9.89. The Hall–Kier alpha value is -4.49. The fourth-order valence-electron chi connectivity index (χ4n) is 6.37. The van der Waals surface area contributed by atoms with E-state index in [9.17, 15) is 19.1 Å². The number of carboxylic acid groups (broad SMARTS) is 1. The molecule has 0 bridgehead atoms. The molecule has 42 heavy (non-hydrogen) atoms. The van der Waals surface area contributed by atoms with Gasteiger partial charge in [-0.25, -0.2) is 14.0 Å². The maximum Gasteiger partial charge on any atom is 0.328 e. The molecular weight excluding hydrogens is 531 g/mol. The second-order valence-electron chi connectivity index (χ2n) is 10.9. The van der Waals surface area contributed by atoms with Gasteiger partial charge in [0.25, 0.3) is 0 Å². The van der Waals surface area contributed by atoms with Gasteiger partial charge in [-0.2, -0.15) is 0 Å². The minimum Gasteiger partial charge on any atom is -0.480 e. The molecular formula is C35H33FN2O4. The highest BCUT2D eigenvalue weighted by Gasteiger charge is 2.33. The number of nitrogens with zero attached hydrogens (tertiary/aromatic N) is 1. The van der Waals surface area contributed by atoms with Crippen molar-refractivity contribution in [2.45, 2.75) is 57.3 Å². The summed E-state index contributed by atoms with van der Waals surface area (Å²) in [7, 11) is 0. The number of fused-ring (bicyclic) bond motifs is 4. The number of aromatic nitrogens is 1. The number of nitrogens with one attached hydrogen (secondary N) is 1. The quantitative estimate of drug-likeness (QED) is 0.190. The van der Waals surface area contributed by atoms with E-state index in [4.69, 9.17) is 4.74 Å². The number of ether oxygens (including phenoxy) is 1. The van der Waals surface area contributed by atoms with Gasteiger partial charge in [0.1, 0.15) is 24.5 Å². The molecule has 214 valence electrons. The van der Waals surface area contributed by atoms with E-state index in [2.05, 4.69) is 5.32 Å². The van der Waals surface area contributed by atoms with Crippen molar-refractivity contribution >= 4 is 33.6 Å². The Kier molecular flexibility index (Phi) is 7.76. The molecule has 6 rings (SSSR count). The summed E-state index contributed by atoms with van der Waals surface area (Å²) in [4.78, 5) is 25.9. The van der Waals surface area contributed by atoms with E-state index in [-0.39, 0.29) is 24.4 Å². The minimum atomic E-state index is -0.904. The molecule has 3 atom stereocenters. The predicted octanol–water partition coefficient (Wildman–Crippen LogP) is 6.90. The highest BCUT2D eigenvalue weighted by Crippen LogP contribution is 2.37. The zero-order valence-electron chi connectivity index (χ0n) is 23.4. The van der Waals surface area contributed by atoms with E-state index >= 15 is 0 Å². The van der Waals surface area contributed by atoms with Crippen LogP contribution in [0.15, 0.2) is 91.0 Å². The van der Waals surface area contributed by atoms with Crippen LogP contribution < -0.4 is 5.32 Å². The van der Waals surface area contributed by atoms with Gasteiger partial charge in [-0.1, -0.05) is 79.7 Å². The number of rotatable bonds is 9. The highest BCUT2D eigenvalue weighted by molar-refractivity contribution is 5.91. The van der Waals surface area contributed by atoms with Gasteiger partial charge in [-0.3, -0.25) is 5.32 Å². The third-order valence-corrected chi connectivity index (χ3v) is 8.34. The first-order valence-corrected chi connectivity index (χ1v) is 14.4. The highest BCUT2D eigenvalue weighted by atomic mass is 19.1. The van der Waals surface area contributed by atoms with Gasteiger partial charge in [0.2, 0.25) is 0 Å². The molecule has 0 aliphatic heterocycles. The molecule has 0 spiro atoms. The number of halogens is 1. The Balaban J connectivity index is 1.35. The van der Waals surface area contributed by atoms with Crippen molar-refractivity contribution in [1.82, 2.24) is 9.88 Å². The molecule has 6 nitrogen and oxygen atoms in total. The van der Waals surface area contributed by atoms with Gasteiger partial charge in [0.15, 0.2) is 0 Å². The normalized spacial score (nSPS) is 16.2. The zero-order chi connectivity index (χ0) is 29.2. The first-order chi connectivity index (χ1) is 20.4. The van der Waals surface area contributed by atoms with Crippen molar-refractivity contribution in [3.05, 3.63) is 119 Å². The molecule has 1 heterocycles. The summed E-state index contributed by atoms with van der Waals surface area (Å²) in [6.45, 7) is 2.02. The van der Waals surface area contributed by atoms with Crippen LogP contribution in [-0.4, -0.2) is 27.7 Å². The Morgan fingerprint density at radius 2 is 1.76 bits per heavy atom. The van der Waals surface area contributed by atoms with Crippen LogP contribution in [0.2, 0.25) is 0 Å². The van der Waals surface area contributed by atoms with Crippen molar-refractivity contribution in [3.63, 3.8) is 0 Å². The largest absolute Gasteiger partial charge is 0.480 e. The summed E-state index contributed by atoms with van der Waals surface area (Å²) in [5.41, 5.74) is 4.33. The molecule has 5 aromatic rings. The number of carbonyl (C=O) groups is 2. The Morgan fingerprint density at radius 1 is 1.00 bits per heavy atom. The van der Waals surface area contributed by atoms with Crippen LogP contribution in [0.25, 0.3) is 21.7 Å². The van der Waals surface area contributed by atoms with Crippen molar-refractivity contribution in [3.8, 4) is 0 Å². The summed E-state index contributed by atoms with van der Waals surface area (Å²) >= 11 is 0. The Bertz CT molecular complexity index is 1760. The van der Waals surface area contributed by atoms with Gasteiger partial charge in [-0.05, 0) is 71.3 Å². The molecule has 4 aromatic carbocycles. The number of hydrogen-bond donors (Lipinski definition) is 2. The number of carbonyl (C=O) groups excluding carboxylic acids is 1. The number of aliphatic carboxylic acids is 1. The van der Waals surface area contributed by atoms with E-state index in [0.717, 1.165) is 44.1 Å². The lowest BCUT2D eigenvalue weighted by molar-refractivity contribution is -0.148. The first-order valence-electron chi connectivity index (χ1n) is 14.4. The third kappa shape index (κ3) is 5.28. The van der Waals surface area contributed by atoms with Gasteiger partial charge < -0.3 is 14.4 Å². The van der Waals surface area contributed by atoms with Crippen molar-refractivity contribution in [2.75, 3.05) is 0 Å². The second kappa shape index (κ2) is 11.8. The average molecular weight is 565 g/mol. The summed E-state index contributed by atoms with van der Waals surface area (Å²) in [6.07, 6.45) is 2.25. The summed E-state index contributed by atoms with van der Waals surface area (Å²) in [5.74, 6) is -1.63. The first kappa shape index (κ1) is 27.7. The second-order valence-corrected chi connectivity index (χ2v) is 10.9. The van der Waals surface area contributed by atoms with E-state index in [1.54, 1.807) is 6.07 Å². The van der Waals surface area contributed by atoms with E-state index in [1.165, 1.54) is 12.1 Å². The molecule has 7 heteroatoms. The average Bonchev–Trinajstić information content (AvgIpc) is 3.31. The molecule has 0 saturated heterocycles.